The van der Waals surface area contributed by atoms with Crippen molar-refractivity contribution in [1.82, 2.24) is 8.34 Å². The molecule has 1 aromatic carbocycles. The van der Waals surface area contributed by atoms with Crippen molar-refractivity contribution < 1.29 is 26.3 Å². The van der Waals surface area contributed by atoms with Crippen LogP contribution in [0.4, 0.5) is 0 Å². The Morgan fingerprint density at radius 3 is 2.67 bits per heavy atom. The minimum absolute atomic E-state index is 0.0366. The molecule has 0 N–H and O–H groups in total. The SMILES string of the molecule is CC[C@@H]([I-]N1CCCC1)c1cc(C)cc(CN([O-])OC)c1. The Bertz CT molecular complexity index is 450. The summed E-state index contributed by atoms with van der Waals surface area (Å²) in [5.74, 6) is 0. The predicted molar refractivity (Wildman–Crippen MR) is 80.9 cm³/mol. The summed E-state index contributed by atoms with van der Waals surface area (Å²) in [5, 5.41) is 12.0. The van der Waals surface area contributed by atoms with Crippen molar-refractivity contribution >= 4 is 0 Å². The number of hydroxylamine groups is 2. The van der Waals surface area contributed by atoms with Gasteiger partial charge < -0.3 is 0 Å². The van der Waals surface area contributed by atoms with E-state index in [0.717, 1.165) is 5.56 Å². The molecule has 2 rings (SSSR count). The number of aryl methyl sites for hydroxylation is 1. The average Bonchev–Trinajstić information content (AvgIpc) is 2.96. The number of benzene rings is 1. The minimum atomic E-state index is 0.0366. The van der Waals surface area contributed by atoms with E-state index in [0.29, 0.717) is 15.7 Å². The van der Waals surface area contributed by atoms with Crippen molar-refractivity contribution in [2.75, 3.05) is 20.2 Å². The Kier molecular flexibility index (Phi) is 6.88. The zero-order valence-electron chi connectivity index (χ0n) is 13.1. The van der Waals surface area contributed by atoms with Crippen molar-refractivity contribution in [3.05, 3.63) is 40.1 Å². The molecule has 21 heavy (non-hydrogen) atoms. The first-order valence-electron chi connectivity index (χ1n) is 7.60. The van der Waals surface area contributed by atoms with Crippen LogP contribution in [0.1, 0.15) is 46.8 Å². The van der Waals surface area contributed by atoms with Crippen LogP contribution in [0.15, 0.2) is 18.2 Å². The van der Waals surface area contributed by atoms with Crippen molar-refractivity contribution in [2.24, 2.45) is 0 Å². The van der Waals surface area contributed by atoms with E-state index in [1.807, 2.05) is 0 Å². The van der Waals surface area contributed by atoms with Gasteiger partial charge in [0.05, 0.1) is 0 Å². The number of hydrogen-bond acceptors (Lipinski definition) is 4. The maximum atomic E-state index is 11.4. The molecular formula is C16H25IN2O2-2. The topological polar surface area (TPSA) is 38.8 Å². The fraction of sp³-hybridized carbons (Fsp3) is 0.625. The van der Waals surface area contributed by atoms with Gasteiger partial charge in [0.1, 0.15) is 0 Å². The van der Waals surface area contributed by atoms with Gasteiger partial charge in [-0.15, -0.1) is 0 Å². The molecular weight excluding hydrogens is 379 g/mol. The van der Waals surface area contributed by atoms with E-state index in [-0.39, 0.29) is 21.5 Å². The van der Waals surface area contributed by atoms with Gasteiger partial charge in [0.2, 0.25) is 0 Å². The molecule has 0 aliphatic carbocycles. The number of halogens is 1. The molecule has 1 fully saturated rings. The zero-order chi connectivity index (χ0) is 15.2. The van der Waals surface area contributed by atoms with Crippen LogP contribution >= 0.6 is 0 Å². The first kappa shape index (κ1) is 17.1. The second-order valence-electron chi connectivity index (χ2n) is 5.52. The zero-order valence-corrected chi connectivity index (χ0v) is 15.3. The van der Waals surface area contributed by atoms with Gasteiger partial charge in [-0.05, 0) is 0 Å². The summed E-state index contributed by atoms with van der Waals surface area (Å²) in [6.07, 6.45) is 3.89. The fourth-order valence-corrected chi connectivity index (χ4v) is 5.95. The predicted octanol–water partition coefficient (Wildman–Crippen LogP) is 0.407. The fourth-order valence-electron chi connectivity index (χ4n) is 2.68. The van der Waals surface area contributed by atoms with Crippen molar-refractivity contribution in [3.8, 4) is 0 Å². The van der Waals surface area contributed by atoms with Gasteiger partial charge in [0.25, 0.3) is 0 Å². The molecule has 0 saturated carbocycles. The van der Waals surface area contributed by atoms with Crippen LogP contribution in [0, 0.1) is 12.1 Å². The summed E-state index contributed by atoms with van der Waals surface area (Å²) in [4.78, 5) is 4.70. The van der Waals surface area contributed by atoms with E-state index in [1.54, 1.807) is 0 Å². The summed E-state index contributed by atoms with van der Waals surface area (Å²) in [5.41, 5.74) is 3.68. The number of rotatable bonds is 7. The monoisotopic (exact) mass is 404 g/mol. The number of nitrogens with zero attached hydrogens (tertiary/aromatic N) is 2. The van der Waals surface area contributed by atoms with Gasteiger partial charge in [-0.2, -0.15) is 0 Å². The van der Waals surface area contributed by atoms with E-state index in [2.05, 4.69) is 35.2 Å². The molecule has 1 aliphatic rings. The van der Waals surface area contributed by atoms with Gasteiger partial charge in [-0.3, -0.25) is 0 Å². The van der Waals surface area contributed by atoms with Gasteiger partial charge in [-0.25, -0.2) is 0 Å². The van der Waals surface area contributed by atoms with Crippen LogP contribution in [0.3, 0.4) is 0 Å². The Morgan fingerprint density at radius 1 is 1.33 bits per heavy atom. The molecule has 1 saturated heterocycles. The standard InChI is InChI=1S/C16H25IN2O2/c1-4-16(17-18-7-5-6-8-18)15-10-13(2)9-14(11-15)12-19(20)21-3/h9-11,16H,4-8,12H2,1-3H3/q-2/t16-/m1/s1. The van der Waals surface area contributed by atoms with Crippen LogP contribution in [0.25, 0.3) is 0 Å². The first-order valence-corrected chi connectivity index (χ1v) is 9.81. The van der Waals surface area contributed by atoms with Crippen molar-refractivity contribution in [2.45, 2.75) is 43.6 Å². The summed E-state index contributed by atoms with van der Waals surface area (Å²) < 4.78 is 3.33. The Balaban J connectivity index is 2.11. The molecule has 0 radical (unpaired) electrons. The molecule has 0 amide bonds. The van der Waals surface area contributed by atoms with E-state index in [4.69, 9.17) is 4.84 Å². The molecule has 0 spiro atoms. The molecule has 0 bridgehead atoms. The van der Waals surface area contributed by atoms with Crippen LogP contribution < -0.4 is 21.5 Å². The van der Waals surface area contributed by atoms with Gasteiger partial charge in [0, 0.05) is 0 Å². The first-order chi connectivity index (χ1) is 10.1. The summed E-state index contributed by atoms with van der Waals surface area (Å²) in [7, 11) is 1.41. The molecule has 1 heterocycles. The van der Waals surface area contributed by atoms with Crippen LogP contribution in [0.5, 0.6) is 0 Å². The molecule has 5 heteroatoms. The van der Waals surface area contributed by atoms with Gasteiger partial charge in [-0.1, -0.05) is 0 Å². The number of alkyl halides is 1. The maximum absolute atomic E-state index is 11.4. The third kappa shape index (κ3) is 5.17. The molecule has 4 nitrogen and oxygen atoms in total. The number of hydrogen-bond donors (Lipinski definition) is 0. The van der Waals surface area contributed by atoms with Crippen molar-refractivity contribution in [1.29, 1.82) is 0 Å². The summed E-state index contributed by atoms with van der Waals surface area (Å²) in [6.45, 7) is 7.23. The normalized spacial score (nSPS) is 17.8. The van der Waals surface area contributed by atoms with Gasteiger partial charge >= 0.3 is 139 Å². The van der Waals surface area contributed by atoms with Crippen LogP contribution in [0.2, 0.25) is 0 Å². The van der Waals surface area contributed by atoms with E-state index in [1.165, 1.54) is 50.6 Å². The molecule has 0 unspecified atom stereocenters. The van der Waals surface area contributed by atoms with E-state index >= 15 is 0 Å². The molecule has 1 atom stereocenters. The third-order valence-electron chi connectivity index (χ3n) is 3.70. The van der Waals surface area contributed by atoms with Crippen molar-refractivity contribution in [3.63, 3.8) is 0 Å². The molecule has 0 aromatic heterocycles. The summed E-state index contributed by atoms with van der Waals surface area (Å²) in [6, 6.07) is 6.56. The van der Waals surface area contributed by atoms with Crippen LogP contribution in [-0.2, 0) is 11.4 Å². The molecule has 120 valence electrons. The second kappa shape index (κ2) is 8.43. The third-order valence-corrected chi connectivity index (χ3v) is 7.73. The Morgan fingerprint density at radius 2 is 2.05 bits per heavy atom. The van der Waals surface area contributed by atoms with Crippen LogP contribution in [-0.4, -0.2) is 28.5 Å². The average molecular weight is 404 g/mol. The molecule has 1 aromatic rings. The van der Waals surface area contributed by atoms with Gasteiger partial charge in [0.15, 0.2) is 0 Å². The quantitative estimate of drug-likeness (QED) is 0.286. The molecule has 1 aliphatic heterocycles. The van der Waals surface area contributed by atoms with E-state index < -0.39 is 0 Å². The second-order valence-corrected chi connectivity index (χ2v) is 8.94. The summed E-state index contributed by atoms with van der Waals surface area (Å²) >= 11 is 0.0366. The van der Waals surface area contributed by atoms with E-state index in [9.17, 15) is 5.21 Å². The Hall–Kier alpha value is -0.210. The Labute approximate surface area is 138 Å².